The van der Waals surface area contributed by atoms with Crippen molar-refractivity contribution in [1.29, 1.82) is 0 Å². The summed E-state index contributed by atoms with van der Waals surface area (Å²) in [5.74, 6) is -9.05. The minimum absolute atomic E-state index is 0.00258. The van der Waals surface area contributed by atoms with Gasteiger partial charge in [-0.25, -0.2) is 13.6 Å². The Bertz CT molecular complexity index is 2470. The molecule has 1 aliphatic heterocycles. The topological polar surface area (TPSA) is 296 Å². The maximum atomic E-state index is 15.2. The van der Waals surface area contributed by atoms with Crippen LogP contribution in [0.3, 0.4) is 0 Å². The molecule has 0 radical (unpaired) electrons. The minimum Gasteiger partial charge on any atom is -0.481 e. The van der Waals surface area contributed by atoms with Gasteiger partial charge in [0.25, 0.3) is 11.8 Å². The van der Waals surface area contributed by atoms with Crippen molar-refractivity contribution in [2.24, 2.45) is 11.1 Å². The zero-order chi connectivity index (χ0) is 57.3. The number of nitrogens with two attached hydrogens (primary N) is 1. The number of imide groups is 1. The number of aromatic nitrogens is 1. The molecule has 0 fully saturated rings. The van der Waals surface area contributed by atoms with Gasteiger partial charge in [-0.2, -0.15) is 13.2 Å². The number of hydrogen-bond acceptors (Lipinski definition) is 14. The van der Waals surface area contributed by atoms with Crippen LogP contribution in [0.5, 0.6) is 0 Å². The van der Waals surface area contributed by atoms with Crippen LogP contribution >= 0.6 is 0 Å². The summed E-state index contributed by atoms with van der Waals surface area (Å²) < 4.78 is 84.7. The Hall–Kier alpha value is -6.97. The Labute approximate surface area is 440 Å². The van der Waals surface area contributed by atoms with Crippen molar-refractivity contribution >= 4 is 47.3 Å². The van der Waals surface area contributed by atoms with Crippen molar-refractivity contribution in [1.82, 2.24) is 25.0 Å². The first-order chi connectivity index (χ1) is 36.3. The highest BCUT2D eigenvalue weighted by Gasteiger charge is 2.39. The molecule has 7 N–H and O–H groups in total. The summed E-state index contributed by atoms with van der Waals surface area (Å²) in [6.45, 7) is 5.91. The average molecular weight is 1100 g/mol. The molecule has 3 aromatic rings. The lowest BCUT2D eigenvalue weighted by atomic mass is 9.82. The van der Waals surface area contributed by atoms with E-state index in [9.17, 15) is 56.2 Å². The Morgan fingerprint density at radius 3 is 1.88 bits per heavy atom. The van der Waals surface area contributed by atoms with Crippen LogP contribution in [0.25, 0.3) is 11.1 Å². The van der Waals surface area contributed by atoms with Gasteiger partial charge in [-0.15, -0.1) is 0 Å². The van der Waals surface area contributed by atoms with E-state index >= 15 is 4.39 Å². The van der Waals surface area contributed by atoms with Crippen LogP contribution < -0.4 is 16.4 Å². The molecule has 1 aliphatic rings. The first-order valence-corrected chi connectivity index (χ1v) is 24.2. The number of carboxylic acid groups (broad SMARTS) is 2. The number of aliphatic hydroxyl groups is 1. The largest absolute Gasteiger partial charge is 0.490 e. The van der Waals surface area contributed by atoms with Gasteiger partial charge in [-0.1, -0.05) is 51.1 Å². The van der Waals surface area contributed by atoms with E-state index in [1.165, 1.54) is 4.90 Å². The van der Waals surface area contributed by atoms with Crippen molar-refractivity contribution in [3.8, 4) is 11.1 Å². The van der Waals surface area contributed by atoms with E-state index in [1.54, 1.807) is 12.3 Å². The summed E-state index contributed by atoms with van der Waals surface area (Å²) in [7, 11) is 0. The molecule has 0 unspecified atom stereocenters. The lowest BCUT2D eigenvalue weighted by Gasteiger charge is -2.41. The number of carboxylic acids is 2. The number of aliphatic hydroxyl groups excluding tert-OH is 1. The van der Waals surface area contributed by atoms with E-state index in [0.29, 0.717) is 11.3 Å². The quantitative estimate of drug-likeness (QED) is 0.0297. The number of aliphatic carboxylic acids is 2. The molecule has 77 heavy (non-hydrogen) atoms. The van der Waals surface area contributed by atoms with E-state index in [0.717, 1.165) is 40.8 Å². The number of hydrogen-bond donors (Lipinski definition) is 6. The van der Waals surface area contributed by atoms with Crippen LogP contribution in [-0.2, 0) is 63.8 Å². The van der Waals surface area contributed by atoms with Gasteiger partial charge in [0.15, 0.2) is 5.78 Å². The first-order valence-electron chi connectivity index (χ1n) is 24.2. The molecular formula is C51H65F5N6O15. The first kappa shape index (κ1) is 64.3. The van der Waals surface area contributed by atoms with Crippen molar-refractivity contribution < 1.29 is 94.6 Å². The third-order valence-electron chi connectivity index (χ3n) is 11.2. The van der Waals surface area contributed by atoms with Gasteiger partial charge >= 0.3 is 18.1 Å². The van der Waals surface area contributed by atoms with E-state index in [2.05, 4.69) is 10.6 Å². The number of benzene rings is 2. The second-order valence-corrected chi connectivity index (χ2v) is 18.2. The summed E-state index contributed by atoms with van der Waals surface area (Å²) in [6, 6.07) is 10.7. The lowest BCUT2D eigenvalue weighted by molar-refractivity contribution is -0.192. The molecule has 2 heterocycles. The predicted octanol–water partition coefficient (Wildman–Crippen LogP) is 3.16. The second kappa shape index (κ2) is 31.9. The van der Waals surface area contributed by atoms with Crippen LogP contribution in [-0.4, -0.2) is 174 Å². The molecule has 5 amide bonds. The molecule has 0 spiro atoms. The SMILES string of the molecule is CC(C)(C)[C@H](c1cc(-c2cc(F)ccc2F)cn1Cc1ccccc1)N(CC[C@H](N)C(=O)N[C@H](CCC(=O)CN1C(=O)C=CC1=O)C(=O)NCCOCCOCCOCCOCCC(=O)O)C(=O)CO.O=C(O)C(F)(F)F. The number of carbonyl (C=O) groups excluding carboxylic acids is 6. The van der Waals surface area contributed by atoms with Gasteiger partial charge in [0.1, 0.15) is 24.3 Å². The molecule has 21 nitrogen and oxygen atoms in total. The number of carbonyl (C=O) groups is 8. The summed E-state index contributed by atoms with van der Waals surface area (Å²) in [4.78, 5) is 99.6. The number of rotatable bonds is 32. The summed E-state index contributed by atoms with van der Waals surface area (Å²) in [5.41, 5.74) is 7.43. The molecule has 0 saturated heterocycles. The molecule has 26 heteroatoms. The molecule has 1 aromatic heterocycles. The predicted molar refractivity (Wildman–Crippen MR) is 263 cm³/mol. The maximum Gasteiger partial charge on any atom is 0.490 e. The van der Waals surface area contributed by atoms with Crippen LogP contribution in [0.1, 0.15) is 63.8 Å². The Morgan fingerprint density at radius 1 is 0.766 bits per heavy atom. The van der Waals surface area contributed by atoms with Gasteiger partial charge in [0.2, 0.25) is 17.7 Å². The van der Waals surface area contributed by atoms with E-state index in [4.69, 9.17) is 39.7 Å². The van der Waals surface area contributed by atoms with Gasteiger partial charge in [0.05, 0.1) is 77.9 Å². The number of Topliss-reactive ketones (excluding diaryl/α,β-unsaturated/α-hetero) is 1. The minimum atomic E-state index is -5.08. The maximum absolute atomic E-state index is 15.2. The van der Waals surface area contributed by atoms with Crippen LogP contribution in [0, 0.1) is 17.0 Å². The highest BCUT2D eigenvalue weighted by Crippen LogP contribution is 2.41. The molecule has 0 aliphatic carbocycles. The zero-order valence-electron chi connectivity index (χ0n) is 42.7. The van der Waals surface area contributed by atoms with Crippen molar-refractivity contribution in [3.63, 3.8) is 0 Å². The fourth-order valence-electron chi connectivity index (χ4n) is 7.50. The van der Waals surface area contributed by atoms with Crippen LogP contribution in [0.2, 0.25) is 0 Å². The molecular weight excluding hydrogens is 1030 g/mol. The van der Waals surface area contributed by atoms with E-state index in [1.807, 2.05) is 55.7 Å². The number of ether oxygens (including phenoxy) is 4. The van der Waals surface area contributed by atoms with Gasteiger partial charge < -0.3 is 60.1 Å². The average Bonchev–Trinajstić information content (AvgIpc) is 3.94. The fourth-order valence-corrected chi connectivity index (χ4v) is 7.50. The highest BCUT2D eigenvalue weighted by molar-refractivity contribution is 6.14. The van der Waals surface area contributed by atoms with E-state index < -0.39 is 102 Å². The van der Waals surface area contributed by atoms with Gasteiger partial charge in [0, 0.05) is 61.2 Å². The smallest absolute Gasteiger partial charge is 0.481 e. The monoisotopic (exact) mass is 1100 g/mol. The third-order valence-corrected chi connectivity index (χ3v) is 11.2. The Morgan fingerprint density at radius 2 is 1.34 bits per heavy atom. The second-order valence-electron chi connectivity index (χ2n) is 18.2. The molecule has 0 bridgehead atoms. The van der Waals surface area contributed by atoms with E-state index in [-0.39, 0.29) is 104 Å². The number of nitrogens with one attached hydrogen (secondary N) is 2. The molecule has 4 rings (SSSR count). The Balaban J connectivity index is 0.00000208. The molecule has 3 atom stereocenters. The number of ketones is 1. The number of amides is 5. The molecule has 0 saturated carbocycles. The van der Waals surface area contributed by atoms with Crippen molar-refractivity contribution in [2.75, 3.05) is 79.1 Å². The lowest BCUT2D eigenvalue weighted by Crippen LogP contribution is -2.53. The number of nitrogens with zero attached hydrogens (tertiary/aromatic N) is 3. The van der Waals surface area contributed by atoms with Crippen molar-refractivity contribution in [2.45, 2.75) is 77.3 Å². The Kier molecular flexibility index (Phi) is 26.7. The summed E-state index contributed by atoms with van der Waals surface area (Å²) >= 11 is 0. The molecule has 424 valence electrons. The van der Waals surface area contributed by atoms with Crippen LogP contribution in [0.15, 0.2) is 72.9 Å². The van der Waals surface area contributed by atoms with Crippen LogP contribution in [0.4, 0.5) is 22.0 Å². The fraction of sp³-hybridized carbons (Fsp3) is 0.490. The highest BCUT2D eigenvalue weighted by atomic mass is 19.4. The molecule has 2 aromatic carbocycles. The van der Waals surface area contributed by atoms with Crippen molar-refractivity contribution in [3.05, 3.63) is 95.8 Å². The van der Waals surface area contributed by atoms with Gasteiger partial charge in [-0.3, -0.25) is 38.5 Å². The number of halogens is 5. The third kappa shape index (κ3) is 22.6. The normalized spacial score (nSPS) is 13.6. The number of alkyl halides is 3. The summed E-state index contributed by atoms with van der Waals surface area (Å²) in [5, 5.41) is 31.2. The van der Waals surface area contributed by atoms with Gasteiger partial charge in [-0.05, 0) is 48.1 Å². The standard InChI is InChI=1S/C49H64F2N6O13.C2HF3O2/c1-49(2,3)46(41-27-34(37-28-35(50)9-11-38(37)51)30-55(41)29-33-7-5-4-6-8-33)56(44(62)32-58)18-15-39(52)47(65)54-40(12-10-36(59)31-57-42(60)13-14-43(57)61)48(66)53-17-20-68-22-24-70-26-25-69-23-21-67-19-16-45(63)64;3-2(4,5)1(6)7/h4-9,11,13-14,27-28,30,39-40,46,58H,10,12,15-26,29,31-32,52H2,1-3H3,(H,53,66)(H,54,65)(H,63,64);(H,6,7)/t39-,40+,46-;/m0./s1. The summed E-state index contributed by atoms with van der Waals surface area (Å²) in [6.07, 6.45) is -2.14. The zero-order valence-corrected chi connectivity index (χ0v) is 42.7.